The number of para-hydroxylation sites is 1. The molecule has 1 aromatic heterocycles. The van der Waals surface area contributed by atoms with Crippen LogP contribution in [0.2, 0.25) is 5.28 Å². The number of nitrogens with one attached hydrogen (secondary N) is 1. The van der Waals surface area contributed by atoms with Crippen molar-refractivity contribution in [1.82, 2.24) is 14.9 Å². The summed E-state index contributed by atoms with van der Waals surface area (Å²) in [6.45, 7) is 0.981. The number of likely N-dealkylation sites (tertiary alicyclic amines) is 1. The van der Waals surface area contributed by atoms with E-state index in [1.807, 2.05) is 24.3 Å². The zero-order chi connectivity index (χ0) is 14.1. The molecule has 1 aliphatic heterocycles. The van der Waals surface area contributed by atoms with Crippen LogP contribution in [0.15, 0.2) is 24.3 Å². The summed E-state index contributed by atoms with van der Waals surface area (Å²) in [5.74, 6) is 0.651. The van der Waals surface area contributed by atoms with Crippen LogP contribution in [0.1, 0.15) is 6.42 Å². The minimum atomic E-state index is -0.889. The van der Waals surface area contributed by atoms with Gasteiger partial charge in [-0.05, 0) is 30.2 Å². The number of amides is 1. The Kier molecular flexibility index (Phi) is 3.31. The van der Waals surface area contributed by atoms with Crippen molar-refractivity contribution in [2.24, 2.45) is 0 Å². The monoisotopic (exact) mass is 292 g/mol. The highest BCUT2D eigenvalue weighted by Crippen LogP contribution is 2.24. The van der Waals surface area contributed by atoms with Gasteiger partial charge in [-0.25, -0.2) is 14.8 Å². The normalized spacial score (nSPS) is 18.4. The Hall–Kier alpha value is -2.08. The van der Waals surface area contributed by atoms with Crippen LogP contribution >= 0.6 is 11.6 Å². The Morgan fingerprint density at radius 2 is 2.20 bits per heavy atom. The number of anilines is 1. The number of aromatic nitrogens is 2. The predicted molar refractivity (Wildman–Crippen MR) is 76.2 cm³/mol. The molecule has 1 atom stereocenters. The second-order valence-corrected chi connectivity index (χ2v) is 5.05. The van der Waals surface area contributed by atoms with Crippen LogP contribution in [0, 0.1) is 0 Å². The smallest absolute Gasteiger partial charge is 0.407 e. The van der Waals surface area contributed by atoms with Crippen molar-refractivity contribution < 1.29 is 9.90 Å². The summed E-state index contributed by atoms with van der Waals surface area (Å²) in [5.41, 5.74) is 0.767. The molecule has 7 heteroatoms. The zero-order valence-corrected chi connectivity index (χ0v) is 11.3. The fraction of sp³-hybridized carbons (Fsp3) is 0.308. The van der Waals surface area contributed by atoms with E-state index in [1.165, 1.54) is 4.90 Å². The van der Waals surface area contributed by atoms with Crippen molar-refractivity contribution in [1.29, 1.82) is 0 Å². The van der Waals surface area contributed by atoms with E-state index in [0.29, 0.717) is 18.9 Å². The standard InChI is InChI=1S/C13H13ClN4O2/c14-12-16-10-4-2-1-3-9(10)11(17-12)15-8-5-6-18(7-8)13(19)20/h1-4,8H,5-7H2,(H,19,20)(H,15,16,17). The molecule has 0 saturated carbocycles. The number of hydrogen-bond donors (Lipinski definition) is 2. The Labute approximate surface area is 120 Å². The number of carboxylic acid groups (broad SMARTS) is 1. The maximum absolute atomic E-state index is 10.9. The van der Waals surface area contributed by atoms with Crippen molar-refractivity contribution in [2.75, 3.05) is 18.4 Å². The van der Waals surface area contributed by atoms with Gasteiger partial charge >= 0.3 is 6.09 Å². The van der Waals surface area contributed by atoms with Crippen LogP contribution in [-0.4, -0.2) is 45.2 Å². The molecule has 0 bridgehead atoms. The summed E-state index contributed by atoms with van der Waals surface area (Å²) in [6, 6.07) is 7.62. The third-order valence-electron chi connectivity index (χ3n) is 3.38. The summed E-state index contributed by atoms with van der Waals surface area (Å²) in [6.07, 6.45) is -0.137. The SMILES string of the molecule is O=C(O)N1CCC(Nc2nc(Cl)nc3ccccc23)C1. The highest BCUT2D eigenvalue weighted by Gasteiger charge is 2.26. The van der Waals surface area contributed by atoms with Gasteiger partial charge in [0, 0.05) is 24.5 Å². The van der Waals surface area contributed by atoms with Gasteiger partial charge in [0.25, 0.3) is 0 Å². The molecule has 0 radical (unpaired) electrons. The first-order valence-corrected chi connectivity index (χ1v) is 6.68. The highest BCUT2D eigenvalue weighted by molar-refractivity contribution is 6.28. The average Bonchev–Trinajstić information content (AvgIpc) is 2.87. The molecule has 104 valence electrons. The first-order chi connectivity index (χ1) is 9.63. The lowest BCUT2D eigenvalue weighted by atomic mass is 10.2. The minimum absolute atomic E-state index is 0.0421. The van der Waals surface area contributed by atoms with Crippen LogP contribution in [0.5, 0.6) is 0 Å². The van der Waals surface area contributed by atoms with Gasteiger partial charge in [0.2, 0.25) is 5.28 Å². The molecule has 1 saturated heterocycles. The number of carbonyl (C=O) groups is 1. The molecule has 1 unspecified atom stereocenters. The summed E-state index contributed by atoms with van der Waals surface area (Å²) in [5, 5.41) is 13.3. The van der Waals surface area contributed by atoms with E-state index in [-0.39, 0.29) is 11.3 Å². The van der Waals surface area contributed by atoms with E-state index in [0.717, 1.165) is 17.3 Å². The van der Waals surface area contributed by atoms with Crippen molar-refractivity contribution >= 4 is 34.4 Å². The maximum atomic E-state index is 10.9. The second kappa shape index (κ2) is 5.13. The molecule has 0 spiro atoms. The molecular formula is C13H13ClN4O2. The minimum Gasteiger partial charge on any atom is -0.465 e. The summed E-state index contributed by atoms with van der Waals surface area (Å²) < 4.78 is 0. The number of halogens is 1. The molecule has 1 amide bonds. The molecule has 1 fully saturated rings. The molecule has 0 aliphatic carbocycles. The molecular weight excluding hydrogens is 280 g/mol. The molecule has 2 heterocycles. The summed E-state index contributed by atoms with van der Waals surface area (Å²) in [7, 11) is 0. The quantitative estimate of drug-likeness (QED) is 0.831. The molecule has 2 aromatic rings. The summed E-state index contributed by atoms with van der Waals surface area (Å²) >= 11 is 5.92. The third kappa shape index (κ3) is 2.46. The van der Waals surface area contributed by atoms with Gasteiger partial charge in [-0.15, -0.1) is 0 Å². The predicted octanol–water partition coefficient (Wildman–Crippen LogP) is 2.45. The fourth-order valence-corrected chi connectivity index (χ4v) is 2.58. The first kappa shape index (κ1) is 12.9. The van der Waals surface area contributed by atoms with E-state index < -0.39 is 6.09 Å². The van der Waals surface area contributed by atoms with Gasteiger partial charge in [-0.2, -0.15) is 0 Å². The number of rotatable bonds is 2. The van der Waals surface area contributed by atoms with Gasteiger partial charge in [-0.3, -0.25) is 0 Å². The van der Waals surface area contributed by atoms with E-state index in [2.05, 4.69) is 15.3 Å². The molecule has 3 rings (SSSR count). The lowest BCUT2D eigenvalue weighted by Gasteiger charge is -2.15. The average molecular weight is 293 g/mol. The number of benzene rings is 1. The topological polar surface area (TPSA) is 78.4 Å². The maximum Gasteiger partial charge on any atom is 0.407 e. The van der Waals surface area contributed by atoms with Crippen molar-refractivity contribution in [3.63, 3.8) is 0 Å². The van der Waals surface area contributed by atoms with Crippen LogP contribution in [0.3, 0.4) is 0 Å². The van der Waals surface area contributed by atoms with E-state index in [4.69, 9.17) is 16.7 Å². The van der Waals surface area contributed by atoms with E-state index in [1.54, 1.807) is 0 Å². The largest absolute Gasteiger partial charge is 0.465 e. The van der Waals surface area contributed by atoms with Gasteiger partial charge in [-0.1, -0.05) is 12.1 Å². The molecule has 6 nitrogen and oxygen atoms in total. The molecule has 1 aliphatic rings. The third-order valence-corrected chi connectivity index (χ3v) is 3.54. The van der Waals surface area contributed by atoms with Crippen LogP contribution in [0.25, 0.3) is 10.9 Å². The van der Waals surface area contributed by atoms with Gasteiger partial charge in [0.05, 0.1) is 5.52 Å². The lowest BCUT2D eigenvalue weighted by Crippen LogP contribution is -2.30. The first-order valence-electron chi connectivity index (χ1n) is 6.30. The lowest BCUT2D eigenvalue weighted by molar-refractivity contribution is 0.155. The van der Waals surface area contributed by atoms with Crippen molar-refractivity contribution in [3.05, 3.63) is 29.5 Å². The van der Waals surface area contributed by atoms with Crippen LogP contribution in [0.4, 0.5) is 10.6 Å². The van der Waals surface area contributed by atoms with Gasteiger partial charge in [0.15, 0.2) is 0 Å². The molecule has 2 N–H and O–H groups in total. The Bertz CT molecular complexity index is 664. The Balaban J connectivity index is 1.86. The van der Waals surface area contributed by atoms with E-state index >= 15 is 0 Å². The Morgan fingerprint density at radius 1 is 1.40 bits per heavy atom. The fourth-order valence-electron chi connectivity index (χ4n) is 2.40. The zero-order valence-electron chi connectivity index (χ0n) is 10.6. The van der Waals surface area contributed by atoms with Crippen LogP contribution in [-0.2, 0) is 0 Å². The number of fused-ring (bicyclic) bond motifs is 1. The molecule has 1 aromatic carbocycles. The Morgan fingerprint density at radius 3 is 2.95 bits per heavy atom. The van der Waals surface area contributed by atoms with Crippen molar-refractivity contribution in [2.45, 2.75) is 12.5 Å². The van der Waals surface area contributed by atoms with E-state index in [9.17, 15) is 4.79 Å². The number of nitrogens with zero attached hydrogens (tertiary/aromatic N) is 3. The van der Waals surface area contributed by atoms with Gasteiger partial charge in [0.1, 0.15) is 5.82 Å². The summed E-state index contributed by atoms with van der Waals surface area (Å²) in [4.78, 5) is 20.7. The van der Waals surface area contributed by atoms with Crippen molar-refractivity contribution in [3.8, 4) is 0 Å². The molecule has 20 heavy (non-hydrogen) atoms. The second-order valence-electron chi connectivity index (χ2n) is 4.72. The van der Waals surface area contributed by atoms with Crippen LogP contribution < -0.4 is 5.32 Å². The van der Waals surface area contributed by atoms with Gasteiger partial charge < -0.3 is 15.3 Å². The number of hydrogen-bond acceptors (Lipinski definition) is 4. The highest BCUT2D eigenvalue weighted by atomic mass is 35.5.